The molecule has 0 aromatic carbocycles. The highest BCUT2D eigenvalue weighted by atomic mass is 16.1. The molecular formula is C12H19NO. The first-order valence-electron chi connectivity index (χ1n) is 5.05. The van der Waals surface area contributed by atoms with Crippen LogP contribution in [0.1, 0.15) is 40.5 Å². The Morgan fingerprint density at radius 3 is 2.64 bits per heavy atom. The molecule has 0 atom stereocenters. The van der Waals surface area contributed by atoms with E-state index in [9.17, 15) is 4.79 Å². The normalized spacial score (nSPS) is 17.2. The molecule has 0 saturated carbocycles. The third-order valence-electron chi connectivity index (χ3n) is 2.59. The maximum atomic E-state index is 11.3. The zero-order valence-corrected chi connectivity index (χ0v) is 8.73. The summed E-state index contributed by atoms with van der Waals surface area (Å²) >= 11 is 0. The van der Waals surface area contributed by atoms with Crippen LogP contribution in [-0.4, -0.2) is 5.78 Å². The lowest BCUT2D eigenvalue weighted by Crippen LogP contribution is -2.07. The van der Waals surface area contributed by atoms with Crippen molar-refractivity contribution in [3.63, 3.8) is 0 Å². The number of carbonyl (C=O) groups excluding carboxylic acids is 1. The largest absolute Gasteiger partial charge is 0.402 e. The van der Waals surface area contributed by atoms with E-state index in [1.807, 2.05) is 0 Å². The summed E-state index contributed by atoms with van der Waals surface area (Å²) in [5.41, 5.74) is 11.1. The SMILES string of the molecule is C=C=C(C(C)=O)C1=C(N)CCCCC1.[HH]. The molecule has 2 heteroatoms. The molecule has 0 spiro atoms. The van der Waals surface area contributed by atoms with Gasteiger partial charge in [0.05, 0.1) is 5.57 Å². The first-order chi connectivity index (χ1) is 6.66. The fraction of sp³-hybridized carbons (Fsp3) is 0.500. The Labute approximate surface area is 86.7 Å². The Morgan fingerprint density at radius 2 is 2.07 bits per heavy atom. The molecule has 1 aliphatic carbocycles. The van der Waals surface area contributed by atoms with Gasteiger partial charge in [0.1, 0.15) is 0 Å². The van der Waals surface area contributed by atoms with Gasteiger partial charge in [0.2, 0.25) is 0 Å². The van der Waals surface area contributed by atoms with E-state index >= 15 is 0 Å². The second-order valence-corrected chi connectivity index (χ2v) is 3.67. The van der Waals surface area contributed by atoms with Crippen molar-refractivity contribution in [2.24, 2.45) is 5.73 Å². The first kappa shape index (κ1) is 10.8. The van der Waals surface area contributed by atoms with Crippen LogP contribution in [0.15, 0.2) is 29.2 Å². The van der Waals surface area contributed by atoms with Crippen LogP contribution in [0.4, 0.5) is 0 Å². The van der Waals surface area contributed by atoms with E-state index in [2.05, 4.69) is 12.3 Å². The number of nitrogens with two attached hydrogens (primary N) is 1. The van der Waals surface area contributed by atoms with Gasteiger partial charge >= 0.3 is 0 Å². The van der Waals surface area contributed by atoms with Gasteiger partial charge in [-0.1, -0.05) is 13.0 Å². The summed E-state index contributed by atoms with van der Waals surface area (Å²) in [6.45, 7) is 5.09. The predicted molar refractivity (Wildman–Crippen MR) is 59.7 cm³/mol. The van der Waals surface area contributed by atoms with Gasteiger partial charge in [-0.05, 0) is 38.2 Å². The molecule has 0 unspecified atom stereocenters. The molecular weight excluding hydrogens is 174 g/mol. The van der Waals surface area contributed by atoms with E-state index in [0.29, 0.717) is 5.57 Å². The number of hydrogen-bond donors (Lipinski definition) is 1. The lowest BCUT2D eigenvalue weighted by Gasteiger charge is -2.08. The molecule has 0 radical (unpaired) electrons. The van der Waals surface area contributed by atoms with Gasteiger partial charge < -0.3 is 5.73 Å². The summed E-state index contributed by atoms with van der Waals surface area (Å²) in [4.78, 5) is 11.3. The van der Waals surface area contributed by atoms with Crippen molar-refractivity contribution < 1.29 is 6.22 Å². The van der Waals surface area contributed by atoms with Gasteiger partial charge in [-0.3, -0.25) is 4.79 Å². The molecule has 0 heterocycles. The van der Waals surface area contributed by atoms with Gasteiger partial charge in [-0.2, -0.15) is 0 Å². The number of allylic oxidation sites excluding steroid dienone is 3. The lowest BCUT2D eigenvalue weighted by molar-refractivity contribution is -0.113. The summed E-state index contributed by atoms with van der Waals surface area (Å²) < 4.78 is 0. The summed E-state index contributed by atoms with van der Waals surface area (Å²) in [6, 6.07) is 0. The van der Waals surface area contributed by atoms with Gasteiger partial charge in [0.25, 0.3) is 0 Å². The standard InChI is InChI=1S/C12H17NO.H2/c1-3-10(9(2)14)11-7-5-4-6-8-12(11)13;/h1,4-8,13H2,2H3;1H. The molecule has 14 heavy (non-hydrogen) atoms. The third kappa shape index (κ3) is 2.36. The number of rotatable bonds is 2. The molecule has 0 aromatic heterocycles. The van der Waals surface area contributed by atoms with Crippen LogP contribution in [0.5, 0.6) is 0 Å². The van der Waals surface area contributed by atoms with Crippen molar-refractivity contribution in [3.8, 4) is 0 Å². The second kappa shape index (κ2) is 4.83. The zero-order chi connectivity index (χ0) is 10.6. The number of hydrogen-bond acceptors (Lipinski definition) is 2. The highest BCUT2D eigenvalue weighted by molar-refractivity contribution is 5.97. The van der Waals surface area contributed by atoms with E-state index in [1.54, 1.807) is 6.92 Å². The van der Waals surface area contributed by atoms with Crippen LogP contribution < -0.4 is 5.73 Å². The van der Waals surface area contributed by atoms with Crippen LogP contribution in [0.25, 0.3) is 0 Å². The third-order valence-corrected chi connectivity index (χ3v) is 2.59. The van der Waals surface area contributed by atoms with Crippen LogP contribution in [0, 0.1) is 0 Å². The van der Waals surface area contributed by atoms with Crippen molar-refractivity contribution in [2.45, 2.75) is 39.0 Å². The first-order valence-corrected chi connectivity index (χ1v) is 5.05. The van der Waals surface area contributed by atoms with E-state index in [1.165, 1.54) is 6.42 Å². The van der Waals surface area contributed by atoms with E-state index in [4.69, 9.17) is 5.73 Å². The predicted octanol–water partition coefficient (Wildman–Crippen LogP) is 2.71. The fourth-order valence-electron chi connectivity index (χ4n) is 1.83. The molecule has 0 bridgehead atoms. The van der Waals surface area contributed by atoms with Crippen molar-refractivity contribution >= 4 is 5.78 Å². The monoisotopic (exact) mass is 193 g/mol. The molecule has 0 fully saturated rings. The van der Waals surface area contributed by atoms with Crippen molar-refractivity contribution in [1.29, 1.82) is 0 Å². The Morgan fingerprint density at radius 1 is 1.43 bits per heavy atom. The van der Waals surface area contributed by atoms with Crippen LogP contribution in [-0.2, 0) is 4.79 Å². The number of Topliss-reactive ketones (excluding diaryl/α,β-unsaturated/α-hetero) is 1. The number of carbonyl (C=O) groups is 1. The molecule has 78 valence electrons. The quantitative estimate of drug-likeness (QED) is 0.541. The Bertz CT molecular complexity index is 325. The molecule has 2 nitrogen and oxygen atoms in total. The molecule has 0 aliphatic heterocycles. The highest BCUT2D eigenvalue weighted by Gasteiger charge is 2.15. The van der Waals surface area contributed by atoms with Gasteiger partial charge in [0, 0.05) is 7.12 Å². The van der Waals surface area contributed by atoms with Crippen LogP contribution in [0.3, 0.4) is 0 Å². The Kier molecular flexibility index (Phi) is 3.73. The van der Waals surface area contributed by atoms with E-state index < -0.39 is 0 Å². The van der Waals surface area contributed by atoms with E-state index in [-0.39, 0.29) is 7.21 Å². The van der Waals surface area contributed by atoms with Crippen LogP contribution in [0.2, 0.25) is 0 Å². The van der Waals surface area contributed by atoms with E-state index in [0.717, 1.165) is 37.0 Å². The smallest absolute Gasteiger partial charge is 0.167 e. The minimum Gasteiger partial charge on any atom is -0.402 e. The average molecular weight is 193 g/mol. The molecule has 0 saturated heterocycles. The minimum absolute atomic E-state index is 0. The topological polar surface area (TPSA) is 43.1 Å². The summed E-state index contributed by atoms with van der Waals surface area (Å²) in [5.74, 6) is 0.0137. The molecule has 0 aromatic rings. The molecule has 2 N–H and O–H groups in total. The van der Waals surface area contributed by atoms with Gasteiger partial charge in [-0.15, -0.1) is 5.73 Å². The maximum Gasteiger partial charge on any atom is 0.167 e. The average Bonchev–Trinajstić information content (AvgIpc) is 2.33. The van der Waals surface area contributed by atoms with Gasteiger partial charge in [-0.25, -0.2) is 0 Å². The van der Waals surface area contributed by atoms with Gasteiger partial charge in [0.15, 0.2) is 5.78 Å². The second-order valence-electron chi connectivity index (χ2n) is 3.67. The summed E-state index contributed by atoms with van der Waals surface area (Å²) in [5, 5.41) is 0. The maximum absolute atomic E-state index is 11.3. The van der Waals surface area contributed by atoms with Crippen molar-refractivity contribution in [2.75, 3.05) is 0 Å². The highest BCUT2D eigenvalue weighted by Crippen LogP contribution is 2.26. The Balaban J connectivity index is 0.00000196. The summed E-state index contributed by atoms with van der Waals surface area (Å²) in [6.07, 6.45) is 5.20. The minimum atomic E-state index is 0. The molecule has 1 rings (SSSR count). The fourth-order valence-corrected chi connectivity index (χ4v) is 1.83. The van der Waals surface area contributed by atoms with Crippen molar-refractivity contribution in [3.05, 3.63) is 29.2 Å². The zero-order valence-electron chi connectivity index (χ0n) is 8.73. The molecule has 0 amide bonds. The van der Waals surface area contributed by atoms with Crippen molar-refractivity contribution in [1.82, 2.24) is 0 Å². The lowest BCUT2D eigenvalue weighted by atomic mass is 9.98. The number of ketones is 1. The Hall–Kier alpha value is -1.27. The molecule has 1 aliphatic rings. The summed E-state index contributed by atoms with van der Waals surface area (Å²) in [7, 11) is 0. The van der Waals surface area contributed by atoms with Crippen LogP contribution >= 0.6 is 0 Å².